The summed E-state index contributed by atoms with van der Waals surface area (Å²) in [7, 11) is -2.51. The van der Waals surface area contributed by atoms with E-state index in [-0.39, 0.29) is 5.82 Å². The second-order valence-corrected chi connectivity index (χ2v) is 6.08. The zero-order chi connectivity index (χ0) is 15.1. The first-order chi connectivity index (χ1) is 9.20. The standard InChI is InChI=1S/C12H13F2N3O2S/c1-7-8(2)15-17(3)12(7)16-20(18,19)11-5-9(13)4-10(14)6-11/h4-6,16H,1-3H3. The van der Waals surface area contributed by atoms with Crippen LogP contribution in [0.25, 0.3) is 0 Å². The Bertz CT molecular complexity index is 749. The van der Waals surface area contributed by atoms with Crippen LogP contribution in [0.5, 0.6) is 0 Å². The highest BCUT2D eigenvalue weighted by atomic mass is 32.2. The summed E-state index contributed by atoms with van der Waals surface area (Å²) in [5.74, 6) is -1.65. The van der Waals surface area contributed by atoms with Crippen molar-refractivity contribution in [2.24, 2.45) is 7.05 Å². The third kappa shape index (κ3) is 2.64. The number of sulfonamides is 1. The van der Waals surface area contributed by atoms with Gasteiger partial charge in [0.25, 0.3) is 10.0 Å². The van der Waals surface area contributed by atoms with Crippen LogP contribution in [0, 0.1) is 25.5 Å². The van der Waals surface area contributed by atoms with E-state index < -0.39 is 26.6 Å². The molecule has 5 nitrogen and oxygen atoms in total. The number of rotatable bonds is 3. The first kappa shape index (κ1) is 14.4. The predicted octanol–water partition coefficient (Wildman–Crippen LogP) is 2.12. The van der Waals surface area contributed by atoms with Gasteiger partial charge in [-0.1, -0.05) is 0 Å². The molecule has 0 saturated heterocycles. The molecule has 0 amide bonds. The molecule has 0 saturated carbocycles. The average Bonchev–Trinajstić information content (AvgIpc) is 2.54. The van der Waals surface area contributed by atoms with E-state index in [9.17, 15) is 17.2 Å². The number of halogens is 2. The molecule has 0 unspecified atom stereocenters. The predicted molar refractivity (Wildman–Crippen MR) is 69.8 cm³/mol. The summed E-state index contributed by atoms with van der Waals surface area (Å²) < 4.78 is 54.1. The number of hydrogen-bond acceptors (Lipinski definition) is 3. The number of hydrogen-bond donors (Lipinski definition) is 1. The Morgan fingerprint density at radius 3 is 2.15 bits per heavy atom. The fourth-order valence-electron chi connectivity index (χ4n) is 1.78. The molecule has 0 aliphatic heterocycles. The van der Waals surface area contributed by atoms with Crippen molar-refractivity contribution in [2.45, 2.75) is 18.7 Å². The lowest BCUT2D eigenvalue weighted by Crippen LogP contribution is -2.16. The maximum atomic E-state index is 13.1. The minimum absolute atomic E-state index is 0.257. The smallest absolute Gasteiger partial charge is 0.263 e. The topological polar surface area (TPSA) is 64.0 Å². The van der Waals surface area contributed by atoms with Crippen LogP contribution in [-0.4, -0.2) is 18.2 Å². The van der Waals surface area contributed by atoms with Crippen LogP contribution in [0.3, 0.4) is 0 Å². The van der Waals surface area contributed by atoms with Crippen LogP contribution in [0.1, 0.15) is 11.3 Å². The molecule has 8 heteroatoms. The molecular weight excluding hydrogens is 288 g/mol. The third-order valence-electron chi connectivity index (χ3n) is 2.90. The lowest BCUT2D eigenvalue weighted by Gasteiger charge is -2.09. The van der Waals surface area contributed by atoms with Crippen LogP contribution in [0.2, 0.25) is 0 Å². The molecule has 2 aromatic rings. The highest BCUT2D eigenvalue weighted by Gasteiger charge is 2.20. The van der Waals surface area contributed by atoms with Crippen molar-refractivity contribution in [3.05, 3.63) is 41.1 Å². The number of nitrogens with zero attached hydrogens (tertiary/aromatic N) is 2. The monoisotopic (exact) mass is 301 g/mol. The second kappa shape index (κ2) is 4.86. The van der Waals surface area contributed by atoms with Crippen molar-refractivity contribution in [3.8, 4) is 0 Å². The van der Waals surface area contributed by atoms with Gasteiger partial charge in [-0.25, -0.2) is 17.2 Å². The van der Waals surface area contributed by atoms with E-state index in [1.807, 2.05) is 0 Å². The maximum Gasteiger partial charge on any atom is 0.263 e. The van der Waals surface area contributed by atoms with Gasteiger partial charge in [0.05, 0.1) is 10.6 Å². The van der Waals surface area contributed by atoms with Gasteiger partial charge < -0.3 is 0 Å². The molecule has 0 aliphatic carbocycles. The normalized spacial score (nSPS) is 11.7. The van der Waals surface area contributed by atoms with Crippen molar-refractivity contribution in [3.63, 3.8) is 0 Å². The van der Waals surface area contributed by atoms with Crippen molar-refractivity contribution in [1.29, 1.82) is 0 Å². The van der Waals surface area contributed by atoms with E-state index in [4.69, 9.17) is 0 Å². The SMILES string of the molecule is Cc1nn(C)c(NS(=O)(=O)c2cc(F)cc(F)c2)c1C. The highest BCUT2D eigenvalue weighted by molar-refractivity contribution is 7.92. The molecule has 1 aromatic carbocycles. The molecule has 0 aliphatic rings. The van der Waals surface area contributed by atoms with Gasteiger partial charge in [-0.05, 0) is 26.0 Å². The maximum absolute atomic E-state index is 13.1. The Labute approximate surface area is 115 Å². The Hall–Kier alpha value is -1.96. The van der Waals surface area contributed by atoms with Gasteiger partial charge in [0.15, 0.2) is 0 Å². The molecule has 0 bridgehead atoms. The Balaban J connectivity index is 2.46. The van der Waals surface area contributed by atoms with E-state index in [1.54, 1.807) is 20.9 Å². The lowest BCUT2D eigenvalue weighted by molar-refractivity contribution is 0.568. The van der Waals surface area contributed by atoms with E-state index in [1.165, 1.54) is 4.68 Å². The number of aromatic nitrogens is 2. The Morgan fingerprint density at radius 1 is 1.15 bits per heavy atom. The van der Waals surface area contributed by atoms with Gasteiger partial charge in [0, 0.05) is 18.7 Å². The zero-order valence-electron chi connectivity index (χ0n) is 11.1. The first-order valence-corrected chi connectivity index (χ1v) is 7.18. The summed E-state index contributed by atoms with van der Waals surface area (Å²) >= 11 is 0. The molecule has 0 spiro atoms. The quantitative estimate of drug-likeness (QED) is 0.944. The van der Waals surface area contributed by atoms with Gasteiger partial charge in [0.1, 0.15) is 17.5 Å². The van der Waals surface area contributed by atoms with Crippen LogP contribution < -0.4 is 4.72 Å². The van der Waals surface area contributed by atoms with Crippen molar-refractivity contribution in [1.82, 2.24) is 9.78 Å². The molecule has 20 heavy (non-hydrogen) atoms. The van der Waals surface area contributed by atoms with Gasteiger partial charge in [0.2, 0.25) is 0 Å². The van der Waals surface area contributed by atoms with Gasteiger partial charge in [-0.3, -0.25) is 9.40 Å². The summed E-state index contributed by atoms with van der Waals surface area (Å²) in [4.78, 5) is -0.478. The van der Waals surface area contributed by atoms with Crippen molar-refractivity contribution < 1.29 is 17.2 Å². The molecular formula is C12H13F2N3O2S. The van der Waals surface area contributed by atoms with E-state index >= 15 is 0 Å². The van der Waals surface area contributed by atoms with E-state index in [0.29, 0.717) is 17.3 Å². The van der Waals surface area contributed by atoms with E-state index in [2.05, 4.69) is 9.82 Å². The summed E-state index contributed by atoms with van der Waals surface area (Å²) in [6.07, 6.45) is 0. The molecule has 2 rings (SSSR count). The van der Waals surface area contributed by atoms with Crippen LogP contribution in [0.4, 0.5) is 14.6 Å². The third-order valence-corrected chi connectivity index (χ3v) is 4.22. The second-order valence-electron chi connectivity index (χ2n) is 4.39. The Morgan fingerprint density at radius 2 is 1.70 bits per heavy atom. The number of benzene rings is 1. The summed E-state index contributed by atoms with van der Waals surface area (Å²) in [5, 5.41) is 4.07. The van der Waals surface area contributed by atoms with Crippen molar-refractivity contribution in [2.75, 3.05) is 4.72 Å². The highest BCUT2D eigenvalue weighted by Crippen LogP contribution is 2.22. The van der Waals surface area contributed by atoms with Crippen LogP contribution in [-0.2, 0) is 17.1 Å². The number of anilines is 1. The van der Waals surface area contributed by atoms with Gasteiger partial charge in [-0.15, -0.1) is 0 Å². The number of aryl methyl sites for hydroxylation is 2. The molecule has 0 fully saturated rings. The Kier molecular flexibility index (Phi) is 3.51. The van der Waals surface area contributed by atoms with Gasteiger partial charge >= 0.3 is 0 Å². The fraction of sp³-hybridized carbons (Fsp3) is 0.250. The zero-order valence-corrected chi connectivity index (χ0v) is 11.9. The molecule has 0 radical (unpaired) electrons. The summed E-state index contributed by atoms with van der Waals surface area (Å²) in [5.41, 5.74) is 1.31. The van der Waals surface area contributed by atoms with Crippen LogP contribution in [0.15, 0.2) is 23.1 Å². The molecule has 1 N–H and O–H groups in total. The van der Waals surface area contributed by atoms with E-state index in [0.717, 1.165) is 12.1 Å². The fourth-order valence-corrected chi connectivity index (χ4v) is 2.97. The number of nitrogens with one attached hydrogen (secondary N) is 1. The summed E-state index contributed by atoms with van der Waals surface area (Å²) in [6.45, 7) is 3.43. The molecule has 0 atom stereocenters. The lowest BCUT2D eigenvalue weighted by atomic mass is 10.3. The molecule has 1 aromatic heterocycles. The molecule has 108 valence electrons. The first-order valence-electron chi connectivity index (χ1n) is 5.70. The van der Waals surface area contributed by atoms with Crippen LogP contribution >= 0.6 is 0 Å². The van der Waals surface area contributed by atoms with Gasteiger partial charge in [-0.2, -0.15) is 5.10 Å². The average molecular weight is 301 g/mol. The largest absolute Gasteiger partial charge is 0.263 e. The summed E-state index contributed by atoms with van der Waals surface area (Å²) in [6, 6.07) is 2.12. The minimum atomic E-state index is -4.08. The molecule has 1 heterocycles. The van der Waals surface area contributed by atoms with Crippen molar-refractivity contribution >= 4 is 15.8 Å². The minimum Gasteiger partial charge on any atom is -0.263 e.